The molecule has 0 bridgehead atoms. The maximum absolute atomic E-state index is 9.11. The Morgan fingerprint density at radius 1 is 1.35 bits per heavy atom. The average molecular weight is 233 g/mol. The van der Waals surface area contributed by atoms with Crippen LogP contribution in [0.2, 0.25) is 0 Å². The van der Waals surface area contributed by atoms with Gasteiger partial charge in [-0.15, -0.1) is 5.10 Å². The van der Waals surface area contributed by atoms with E-state index in [1.807, 2.05) is 13.8 Å². The number of rotatable bonds is 4. The highest BCUT2D eigenvalue weighted by molar-refractivity contribution is 5.55. The molecule has 0 spiro atoms. The van der Waals surface area contributed by atoms with Crippen molar-refractivity contribution in [1.29, 1.82) is 5.26 Å². The zero-order valence-corrected chi connectivity index (χ0v) is 10.8. The molecular formula is C12H19N5. The second-order valence-corrected chi connectivity index (χ2v) is 4.53. The monoisotopic (exact) mass is 233 g/mol. The predicted octanol–water partition coefficient (Wildman–Crippen LogP) is 1.36. The molecule has 5 nitrogen and oxygen atoms in total. The summed E-state index contributed by atoms with van der Waals surface area (Å²) < 4.78 is 0. The summed E-state index contributed by atoms with van der Waals surface area (Å²) in [4.78, 5) is 0. The molecule has 0 aliphatic heterocycles. The van der Waals surface area contributed by atoms with E-state index in [2.05, 4.69) is 35.4 Å². The molecule has 5 heteroatoms. The van der Waals surface area contributed by atoms with Crippen LogP contribution >= 0.6 is 0 Å². The van der Waals surface area contributed by atoms with E-state index in [0.29, 0.717) is 23.8 Å². The highest BCUT2D eigenvalue weighted by atomic mass is 15.2. The van der Waals surface area contributed by atoms with Crippen molar-refractivity contribution in [3.8, 4) is 6.07 Å². The first-order valence-electron chi connectivity index (χ1n) is 5.70. The molecule has 1 aromatic heterocycles. The van der Waals surface area contributed by atoms with Gasteiger partial charge in [0.05, 0.1) is 5.69 Å². The van der Waals surface area contributed by atoms with Crippen molar-refractivity contribution in [2.24, 2.45) is 11.7 Å². The molecule has 1 atom stereocenters. The Morgan fingerprint density at radius 3 is 2.53 bits per heavy atom. The molecule has 0 saturated carbocycles. The Hall–Kier alpha value is -1.67. The van der Waals surface area contributed by atoms with E-state index in [1.54, 1.807) is 0 Å². The Morgan fingerprint density at radius 2 is 2.00 bits per heavy atom. The van der Waals surface area contributed by atoms with E-state index >= 15 is 0 Å². The maximum atomic E-state index is 9.11. The Balaban J connectivity index is 2.86. The van der Waals surface area contributed by atoms with E-state index in [-0.39, 0.29) is 6.04 Å². The molecule has 92 valence electrons. The van der Waals surface area contributed by atoms with Crippen molar-refractivity contribution < 1.29 is 0 Å². The number of hydrogen-bond acceptors (Lipinski definition) is 5. The highest BCUT2D eigenvalue weighted by Gasteiger charge is 2.12. The molecule has 0 fully saturated rings. The van der Waals surface area contributed by atoms with Gasteiger partial charge in [-0.2, -0.15) is 10.4 Å². The Labute approximate surface area is 102 Å². The molecule has 3 N–H and O–H groups in total. The lowest BCUT2D eigenvalue weighted by molar-refractivity contribution is 0.511. The van der Waals surface area contributed by atoms with Crippen LogP contribution in [-0.2, 0) is 0 Å². The maximum Gasteiger partial charge on any atom is 0.166 e. The molecule has 0 aliphatic carbocycles. The van der Waals surface area contributed by atoms with E-state index < -0.39 is 0 Å². The minimum Gasteiger partial charge on any atom is -0.366 e. The number of nitrogens with one attached hydrogen (secondary N) is 1. The second-order valence-electron chi connectivity index (χ2n) is 4.53. The first-order valence-corrected chi connectivity index (χ1v) is 5.70. The number of nitrogens with zero attached hydrogens (tertiary/aromatic N) is 3. The smallest absolute Gasteiger partial charge is 0.166 e. The van der Waals surface area contributed by atoms with Crippen LogP contribution in [0.15, 0.2) is 0 Å². The largest absolute Gasteiger partial charge is 0.366 e. The fourth-order valence-corrected chi connectivity index (χ4v) is 1.32. The summed E-state index contributed by atoms with van der Waals surface area (Å²) in [6.45, 7) is 8.42. The predicted molar refractivity (Wildman–Crippen MR) is 67.5 cm³/mol. The summed E-state index contributed by atoms with van der Waals surface area (Å²) in [5, 5.41) is 20.2. The van der Waals surface area contributed by atoms with Crippen LogP contribution in [0.3, 0.4) is 0 Å². The van der Waals surface area contributed by atoms with Gasteiger partial charge in [0.25, 0.3) is 0 Å². The van der Waals surface area contributed by atoms with Gasteiger partial charge in [0.2, 0.25) is 0 Å². The normalized spacial score (nSPS) is 12.3. The van der Waals surface area contributed by atoms with Gasteiger partial charge in [-0.25, -0.2) is 0 Å². The second kappa shape index (κ2) is 5.60. The number of hydrogen-bond donors (Lipinski definition) is 2. The van der Waals surface area contributed by atoms with Gasteiger partial charge >= 0.3 is 0 Å². The van der Waals surface area contributed by atoms with Crippen LogP contribution < -0.4 is 11.1 Å². The molecular weight excluding hydrogens is 214 g/mol. The van der Waals surface area contributed by atoms with E-state index in [4.69, 9.17) is 11.0 Å². The Bertz CT molecular complexity index is 433. The van der Waals surface area contributed by atoms with Crippen molar-refractivity contribution >= 4 is 5.82 Å². The number of nitrogens with two attached hydrogens (primary N) is 1. The van der Waals surface area contributed by atoms with E-state index in [1.165, 1.54) is 0 Å². The summed E-state index contributed by atoms with van der Waals surface area (Å²) in [6, 6.07) is 2.18. The SMILES string of the molecule is Cc1nnc(NCC(N)C(C)C)c(C#N)c1C. The lowest BCUT2D eigenvalue weighted by Crippen LogP contribution is -2.34. The van der Waals surface area contributed by atoms with Crippen molar-refractivity contribution in [2.75, 3.05) is 11.9 Å². The summed E-state index contributed by atoms with van der Waals surface area (Å²) in [5.41, 5.74) is 8.12. The average Bonchev–Trinajstić information content (AvgIpc) is 2.30. The molecule has 1 rings (SSSR count). The third kappa shape index (κ3) is 3.14. The molecule has 0 radical (unpaired) electrons. The zero-order chi connectivity index (χ0) is 13.0. The van der Waals surface area contributed by atoms with Crippen LogP contribution in [0.25, 0.3) is 0 Å². The molecule has 0 aromatic carbocycles. The van der Waals surface area contributed by atoms with Crippen LogP contribution in [0, 0.1) is 31.1 Å². The topological polar surface area (TPSA) is 87.6 Å². The quantitative estimate of drug-likeness (QED) is 0.819. The molecule has 17 heavy (non-hydrogen) atoms. The zero-order valence-electron chi connectivity index (χ0n) is 10.8. The van der Waals surface area contributed by atoms with Crippen molar-refractivity contribution in [2.45, 2.75) is 33.7 Å². The van der Waals surface area contributed by atoms with Crippen molar-refractivity contribution in [3.05, 3.63) is 16.8 Å². The van der Waals surface area contributed by atoms with Gasteiger partial charge in [-0.05, 0) is 25.3 Å². The van der Waals surface area contributed by atoms with E-state index in [0.717, 1.165) is 11.3 Å². The first-order chi connectivity index (χ1) is 7.97. The van der Waals surface area contributed by atoms with Crippen LogP contribution in [0.1, 0.15) is 30.7 Å². The Kier molecular flexibility index (Phi) is 4.41. The fraction of sp³-hybridized carbons (Fsp3) is 0.583. The lowest BCUT2D eigenvalue weighted by Gasteiger charge is -2.17. The molecule has 0 amide bonds. The third-order valence-corrected chi connectivity index (χ3v) is 2.93. The van der Waals surface area contributed by atoms with E-state index in [9.17, 15) is 0 Å². The van der Waals surface area contributed by atoms with Gasteiger partial charge in [-0.1, -0.05) is 13.8 Å². The molecule has 0 aliphatic rings. The van der Waals surface area contributed by atoms with Crippen LogP contribution in [0.4, 0.5) is 5.82 Å². The number of anilines is 1. The van der Waals surface area contributed by atoms with Gasteiger partial charge in [0, 0.05) is 12.6 Å². The molecule has 0 saturated heterocycles. The van der Waals surface area contributed by atoms with Gasteiger partial charge < -0.3 is 11.1 Å². The molecule has 1 unspecified atom stereocenters. The standard InChI is InChI=1S/C12H19N5/c1-7(2)11(14)6-15-12-10(5-13)8(3)9(4)16-17-12/h7,11H,6,14H2,1-4H3,(H,15,17). The summed E-state index contributed by atoms with van der Waals surface area (Å²) >= 11 is 0. The molecule has 1 aromatic rings. The number of aromatic nitrogens is 2. The number of aryl methyl sites for hydroxylation is 1. The van der Waals surface area contributed by atoms with Crippen molar-refractivity contribution in [1.82, 2.24) is 10.2 Å². The minimum atomic E-state index is 0.0324. The molecule has 1 heterocycles. The van der Waals surface area contributed by atoms with Crippen molar-refractivity contribution in [3.63, 3.8) is 0 Å². The number of nitriles is 1. The highest BCUT2D eigenvalue weighted by Crippen LogP contribution is 2.17. The van der Waals surface area contributed by atoms with Gasteiger partial charge in [-0.3, -0.25) is 0 Å². The summed E-state index contributed by atoms with van der Waals surface area (Å²) in [7, 11) is 0. The first kappa shape index (κ1) is 13.4. The minimum absolute atomic E-state index is 0.0324. The third-order valence-electron chi connectivity index (χ3n) is 2.93. The fourth-order valence-electron chi connectivity index (χ4n) is 1.32. The lowest BCUT2D eigenvalue weighted by atomic mass is 10.1. The van der Waals surface area contributed by atoms with Crippen LogP contribution in [-0.4, -0.2) is 22.8 Å². The van der Waals surface area contributed by atoms with Crippen LogP contribution in [0.5, 0.6) is 0 Å². The van der Waals surface area contributed by atoms with Gasteiger partial charge in [0.1, 0.15) is 11.6 Å². The summed E-state index contributed by atoms with van der Waals surface area (Å²) in [6.07, 6.45) is 0. The van der Waals surface area contributed by atoms with Gasteiger partial charge in [0.15, 0.2) is 5.82 Å². The summed E-state index contributed by atoms with van der Waals surface area (Å²) in [5.74, 6) is 0.902.